The van der Waals surface area contributed by atoms with Gasteiger partial charge in [0.05, 0.1) is 18.1 Å². The second-order valence-corrected chi connectivity index (χ2v) is 5.80. The van der Waals surface area contributed by atoms with Gasteiger partial charge >= 0.3 is 0 Å². The molecule has 10 heteroatoms. The number of nitrogens with zero attached hydrogens (tertiary/aromatic N) is 2. The van der Waals surface area contributed by atoms with Crippen LogP contribution in [0, 0.1) is 10.1 Å². The SMILES string of the molecule is O=C1NC(=S)NC(=O)C1=Cc1cc([N+](=O)[O-])ccc1N1CCOCC1. The number of nitro groups is 1. The first kappa shape index (κ1) is 17.0. The highest BCUT2D eigenvalue weighted by atomic mass is 32.1. The highest BCUT2D eigenvalue weighted by Crippen LogP contribution is 2.28. The minimum atomic E-state index is -0.645. The van der Waals surface area contributed by atoms with Gasteiger partial charge in [-0.05, 0) is 24.4 Å². The standard InChI is InChI=1S/C15H14N4O5S/c20-13-11(14(21)17-15(25)16-13)8-9-7-10(19(22)23)1-2-12(9)18-3-5-24-6-4-18/h1-2,7-8H,3-6H2,(H2,16,17,20,21,25). The first-order valence-corrected chi connectivity index (χ1v) is 7.86. The van der Waals surface area contributed by atoms with Crippen molar-refractivity contribution in [1.82, 2.24) is 10.6 Å². The third-order valence-electron chi connectivity index (χ3n) is 3.82. The smallest absolute Gasteiger partial charge is 0.270 e. The lowest BCUT2D eigenvalue weighted by molar-refractivity contribution is -0.384. The van der Waals surface area contributed by atoms with Gasteiger partial charge in [-0.3, -0.25) is 30.3 Å². The molecule has 2 saturated heterocycles. The van der Waals surface area contributed by atoms with Crippen LogP contribution in [0.15, 0.2) is 23.8 Å². The zero-order chi connectivity index (χ0) is 18.0. The summed E-state index contributed by atoms with van der Waals surface area (Å²) in [5.41, 5.74) is 0.805. The first-order valence-electron chi connectivity index (χ1n) is 7.45. The van der Waals surface area contributed by atoms with E-state index in [1.54, 1.807) is 6.07 Å². The third-order valence-corrected chi connectivity index (χ3v) is 4.02. The number of hydrogen-bond donors (Lipinski definition) is 2. The number of carbonyl (C=O) groups is 2. The summed E-state index contributed by atoms with van der Waals surface area (Å²) in [6.45, 7) is 2.28. The molecule has 2 aliphatic heterocycles. The minimum absolute atomic E-state index is 0.0698. The number of benzene rings is 1. The molecule has 130 valence electrons. The molecule has 0 aliphatic carbocycles. The lowest BCUT2D eigenvalue weighted by Crippen LogP contribution is -2.51. The average Bonchev–Trinajstić information content (AvgIpc) is 2.58. The summed E-state index contributed by atoms with van der Waals surface area (Å²) in [5.74, 6) is -1.29. The second-order valence-electron chi connectivity index (χ2n) is 5.40. The van der Waals surface area contributed by atoms with Crippen molar-refractivity contribution in [2.45, 2.75) is 0 Å². The van der Waals surface area contributed by atoms with E-state index >= 15 is 0 Å². The van der Waals surface area contributed by atoms with Crippen LogP contribution in [0.25, 0.3) is 6.08 Å². The van der Waals surface area contributed by atoms with E-state index in [9.17, 15) is 19.7 Å². The van der Waals surface area contributed by atoms with Crippen molar-refractivity contribution in [2.24, 2.45) is 0 Å². The molecule has 2 fully saturated rings. The lowest BCUT2D eigenvalue weighted by atomic mass is 10.0. The van der Waals surface area contributed by atoms with Crippen LogP contribution in [0.1, 0.15) is 5.56 Å². The number of ether oxygens (including phenoxy) is 1. The van der Waals surface area contributed by atoms with Crippen molar-refractivity contribution < 1.29 is 19.2 Å². The number of thiocarbonyl (C=S) groups is 1. The van der Waals surface area contributed by atoms with Gasteiger partial charge in [-0.1, -0.05) is 0 Å². The topological polar surface area (TPSA) is 114 Å². The lowest BCUT2D eigenvalue weighted by Gasteiger charge is -2.30. The van der Waals surface area contributed by atoms with E-state index in [2.05, 4.69) is 10.6 Å². The molecule has 0 aromatic heterocycles. The van der Waals surface area contributed by atoms with Gasteiger partial charge in [-0.15, -0.1) is 0 Å². The molecule has 3 rings (SSSR count). The predicted molar refractivity (Wildman–Crippen MR) is 93.0 cm³/mol. The number of hydrogen-bond acceptors (Lipinski definition) is 7. The van der Waals surface area contributed by atoms with E-state index in [-0.39, 0.29) is 16.4 Å². The van der Waals surface area contributed by atoms with Gasteiger partial charge < -0.3 is 9.64 Å². The summed E-state index contributed by atoms with van der Waals surface area (Å²) in [6, 6.07) is 4.34. The minimum Gasteiger partial charge on any atom is -0.378 e. The van der Waals surface area contributed by atoms with Gasteiger partial charge in [0.2, 0.25) is 0 Å². The van der Waals surface area contributed by atoms with Crippen molar-refractivity contribution in [2.75, 3.05) is 31.2 Å². The molecule has 2 heterocycles. The predicted octanol–water partition coefficient (Wildman–Crippen LogP) is 0.346. The van der Waals surface area contributed by atoms with Crippen LogP contribution in [0.3, 0.4) is 0 Å². The Morgan fingerprint density at radius 1 is 1.20 bits per heavy atom. The molecule has 9 nitrogen and oxygen atoms in total. The molecular weight excluding hydrogens is 348 g/mol. The van der Waals surface area contributed by atoms with Crippen LogP contribution in [0.4, 0.5) is 11.4 Å². The maximum atomic E-state index is 12.0. The van der Waals surface area contributed by atoms with Crippen molar-refractivity contribution in [3.8, 4) is 0 Å². The molecule has 0 atom stereocenters. The maximum absolute atomic E-state index is 12.0. The average molecular weight is 362 g/mol. The fourth-order valence-corrected chi connectivity index (χ4v) is 2.81. The molecule has 0 spiro atoms. The molecule has 0 radical (unpaired) electrons. The molecular formula is C15H14N4O5S. The Balaban J connectivity index is 2.05. The van der Waals surface area contributed by atoms with E-state index < -0.39 is 16.7 Å². The molecule has 2 amide bonds. The number of morpholine rings is 1. The number of carbonyl (C=O) groups excluding carboxylic acids is 2. The van der Waals surface area contributed by atoms with Gasteiger partial charge in [0, 0.05) is 36.5 Å². The van der Waals surface area contributed by atoms with Crippen LogP contribution in [0.2, 0.25) is 0 Å². The third kappa shape index (κ3) is 3.64. The van der Waals surface area contributed by atoms with E-state index in [0.29, 0.717) is 37.6 Å². The van der Waals surface area contributed by atoms with Crippen molar-refractivity contribution in [3.05, 3.63) is 39.4 Å². The van der Waals surface area contributed by atoms with Crippen LogP contribution in [-0.4, -0.2) is 48.2 Å². The van der Waals surface area contributed by atoms with Crippen LogP contribution < -0.4 is 15.5 Å². The number of rotatable bonds is 3. The van der Waals surface area contributed by atoms with Crippen LogP contribution >= 0.6 is 12.2 Å². The van der Waals surface area contributed by atoms with Crippen LogP contribution in [0.5, 0.6) is 0 Å². The molecule has 0 bridgehead atoms. The molecule has 2 N–H and O–H groups in total. The highest BCUT2D eigenvalue weighted by molar-refractivity contribution is 7.80. The number of amides is 2. The summed E-state index contributed by atoms with van der Waals surface area (Å²) in [4.78, 5) is 36.6. The summed E-state index contributed by atoms with van der Waals surface area (Å²) in [6.07, 6.45) is 1.34. The van der Waals surface area contributed by atoms with Crippen LogP contribution in [-0.2, 0) is 14.3 Å². The number of nitro benzene ring substituents is 1. The van der Waals surface area contributed by atoms with E-state index in [0.717, 1.165) is 0 Å². The zero-order valence-corrected chi connectivity index (χ0v) is 13.8. The summed E-state index contributed by atoms with van der Waals surface area (Å²) >= 11 is 4.76. The maximum Gasteiger partial charge on any atom is 0.270 e. The van der Waals surface area contributed by atoms with Gasteiger partial charge in [-0.2, -0.15) is 0 Å². The van der Waals surface area contributed by atoms with Gasteiger partial charge in [-0.25, -0.2) is 0 Å². The fraction of sp³-hybridized carbons (Fsp3) is 0.267. The number of nitrogens with one attached hydrogen (secondary N) is 2. The number of anilines is 1. The monoisotopic (exact) mass is 362 g/mol. The Morgan fingerprint density at radius 2 is 1.84 bits per heavy atom. The summed E-state index contributed by atoms with van der Waals surface area (Å²) in [7, 11) is 0. The van der Waals surface area contributed by atoms with Crippen molar-refractivity contribution in [3.63, 3.8) is 0 Å². The van der Waals surface area contributed by atoms with E-state index in [1.807, 2.05) is 4.90 Å². The normalized spacial score (nSPS) is 17.8. The molecule has 1 aromatic carbocycles. The zero-order valence-electron chi connectivity index (χ0n) is 13.0. The van der Waals surface area contributed by atoms with Crippen molar-refractivity contribution in [1.29, 1.82) is 0 Å². The van der Waals surface area contributed by atoms with Gasteiger partial charge in [0.25, 0.3) is 17.5 Å². The van der Waals surface area contributed by atoms with E-state index in [1.165, 1.54) is 18.2 Å². The largest absolute Gasteiger partial charge is 0.378 e. The first-order chi connectivity index (χ1) is 12.0. The molecule has 0 saturated carbocycles. The Bertz CT molecular complexity index is 779. The molecule has 1 aromatic rings. The Morgan fingerprint density at radius 3 is 2.44 bits per heavy atom. The van der Waals surface area contributed by atoms with E-state index in [4.69, 9.17) is 17.0 Å². The molecule has 0 unspecified atom stereocenters. The fourth-order valence-electron chi connectivity index (χ4n) is 2.63. The van der Waals surface area contributed by atoms with Gasteiger partial charge in [0.1, 0.15) is 5.57 Å². The molecule has 25 heavy (non-hydrogen) atoms. The Kier molecular flexibility index (Phi) is 4.72. The highest BCUT2D eigenvalue weighted by Gasteiger charge is 2.27. The van der Waals surface area contributed by atoms with Crippen molar-refractivity contribution >= 4 is 46.6 Å². The van der Waals surface area contributed by atoms with Gasteiger partial charge in [0.15, 0.2) is 5.11 Å². The summed E-state index contributed by atoms with van der Waals surface area (Å²) in [5, 5.41) is 15.7. The summed E-state index contributed by atoms with van der Waals surface area (Å²) < 4.78 is 5.31. The quantitative estimate of drug-likeness (QED) is 0.262. The second kappa shape index (κ2) is 6.95. The number of non-ortho nitro benzene ring substituents is 1. The Hall–Kier alpha value is -2.85. The molecule has 2 aliphatic rings. The Labute approximate surface area is 147 Å².